The van der Waals surface area contributed by atoms with Gasteiger partial charge in [-0.3, -0.25) is 0 Å². The Labute approximate surface area is 34.8 Å². The van der Waals surface area contributed by atoms with Gasteiger partial charge in [0.15, 0.2) is 0 Å². The van der Waals surface area contributed by atoms with E-state index in [-0.39, 0.29) is 0 Å². The van der Waals surface area contributed by atoms with E-state index in [9.17, 15) is 0 Å². The van der Waals surface area contributed by atoms with Gasteiger partial charge in [-0.05, 0) is 7.05 Å². The molecule has 0 N–H and O–H groups in total. The van der Waals surface area contributed by atoms with E-state index in [1.807, 2.05) is 0 Å². The predicted molar refractivity (Wildman–Crippen MR) is 17.6 cm³/mol. The zero-order valence-corrected chi connectivity index (χ0v) is 10.4. The fourth-order valence-electron chi connectivity index (χ4n) is 0.185. The van der Waals surface area contributed by atoms with Crippen molar-refractivity contribution in [2.45, 2.75) is 0 Å². The van der Waals surface area contributed by atoms with Crippen LogP contribution in [0.2, 0.25) is 0 Å². The van der Waals surface area contributed by atoms with Crippen molar-refractivity contribution in [1.29, 1.82) is 0 Å². The van der Waals surface area contributed by atoms with Gasteiger partial charge in [0.1, 0.15) is 0 Å². The number of aryl methyl sites for hydroxylation is 1. The van der Waals surface area contributed by atoms with E-state index in [2.05, 4.69) is 21.9 Å². The average molecular weight is 350 g/mol. The molecule has 0 aromatic carbocycles. The average Bonchev–Trinajstić information content (AvgIpc) is 1.86. The summed E-state index contributed by atoms with van der Waals surface area (Å²) in [5, 5.41) is 9.94. The molecule has 0 amide bonds. The molecule has 0 bridgehead atoms. The molecule has 1 heterocycles. The van der Waals surface area contributed by atoms with Crippen molar-refractivity contribution in [3.8, 4) is 0 Å². The van der Waals surface area contributed by atoms with Crippen molar-refractivity contribution >= 4 is 0 Å². The normalized spacial score (nSPS) is 7.57. The van der Waals surface area contributed by atoms with Crippen molar-refractivity contribution in [2.24, 2.45) is 7.05 Å². The van der Waals surface area contributed by atoms with Crippen LogP contribution in [0.5, 0.6) is 0 Å². The summed E-state index contributed by atoms with van der Waals surface area (Å²) in [7, 11) is 1.71. The van der Waals surface area contributed by atoms with Gasteiger partial charge in [-0.2, -0.15) is 0 Å². The molecule has 0 fully saturated rings. The molecule has 0 aliphatic heterocycles. The molecule has 4 nitrogen and oxygen atoms in total. The number of tetrazole rings is 1. The number of hydrogen-bond donors (Lipinski definition) is 0. The van der Waals surface area contributed by atoms with Gasteiger partial charge in [-0.1, -0.05) is 10.4 Å². The first-order valence-corrected chi connectivity index (χ1v) is 1.49. The van der Waals surface area contributed by atoms with Crippen LogP contribution in [0.3, 0.4) is 0 Å². The third kappa shape index (κ3) is 0.678. The third-order valence-electron chi connectivity index (χ3n) is 0.408. The first-order chi connectivity index (χ1) is 2.89. The first kappa shape index (κ1) is 5.07. The summed E-state index contributed by atoms with van der Waals surface area (Å²) < 4.78 is 1.40. The van der Waals surface area contributed by atoms with Crippen LogP contribution < -0.4 is 0 Å². The Morgan fingerprint density at radius 2 is 2.29 bits per heavy atom. The van der Waals surface area contributed by atoms with Gasteiger partial charge >= 0.3 is 0 Å². The zero-order chi connectivity index (χ0) is 4.41. The standard InChI is InChI=1S/C2H3N4.Rf/c1-6-2-3-4-5-6;/h1H3;/q-1;. The van der Waals surface area contributed by atoms with Crippen LogP contribution in [-0.2, 0) is 7.05 Å². The number of aromatic nitrogens is 4. The fraction of sp³-hybridized carbons (Fsp3) is 0.500. The molecule has 7 heavy (non-hydrogen) atoms. The van der Waals surface area contributed by atoms with E-state index < -0.39 is 0 Å². The summed E-state index contributed by atoms with van der Waals surface area (Å²) in [5.74, 6) is 0. The second-order valence-electron chi connectivity index (χ2n) is 0.902. The number of rotatable bonds is 0. The van der Waals surface area contributed by atoms with Crippen molar-refractivity contribution in [3.63, 3.8) is 0 Å². The Hall–Kier alpha value is -1.93. The van der Waals surface area contributed by atoms with Gasteiger partial charge in [0, 0.05) is 0 Å². The molecule has 0 saturated carbocycles. The summed E-state index contributed by atoms with van der Waals surface area (Å²) in [6.07, 6.45) is 2.44. The topological polar surface area (TPSA) is 43.6 Å². The number of nitrogens with zero attached hydrogens (tertiary/aromatic N) is 4. The molecular weight excluding hydrogens is 347 g/mol. The Morgan fingerprint density at radius 3 is 2.43 bits per heavy atom. The van der Waals surface area contributed by atoms with Crippen LogP contribution in [0.4, 0.5) is 0 Å². The van der Waals surface area contributed by atoms with Gasteiger partial charge in [0.05, 0.1) is 0 Å². The molecule has 0 spiro atoms. The van der Waals surface area contributed by atoms with Crippen LogP contribution >= 0.6 is 0 Å². The Bertz CT molecular complexity index is 113. The van der Waals surface area contributed by atoms with Gasteiger partial charge in [0.25, 0.3) is 0 Å². The Kier molecular flexibility index (Phi) is 1.08. The molecule has 0 aliphatic rings. The molecule has 1 aromatic heterocycles. The minimum atomic E-state index is 0. The monoisotopic (exact) mass is 350 g/mol. The SMILES string of the molecule is Cn1[c-]nnn1.[Rf]. The van der Waals surface area contributed by atoms with Crippen LogP contribution in [0.25, 0.3) is 0 Å². The maximum atomic E-state index is 3.42. The Balaban J connectivity index is 0.000000360. The molecule has 5 heteroatoms. The summed E-state index contributed by atoms with van der Waals surface area (Å²) in [6.45, 7) is 0. The summed E-state index contributed by atoms with van der Waals surface area (Å²) in [4.78, 5) is 0. The van der Waals surface area contributed by atoms with Gasteiger partial charge in [-0.15, -0.1) is 0 Å². The first-order valence-electron chi connectivity index (χ1n) is 1.49. The molecule has 1 aromatic rings. The van der Waals surface area contributed by atoms with E-state index in [4.69, 9.17) is 0 Å². The van der Waals surface area contributed by atoms with Crippen LogP contribution in [-0.4, -0.2) is 20.2 Å². The minimum absolute atomic E-state index is 0. The second-order valence-corrected chi connectivity index (χ2v) is 0.902. The summed E-state index contributed by atoms with van der Waals surface area (Å²) in [5.41, 5.74) is 0. The summed E-state index contributed by atoms with van der Waals surface area (Å²) >= 11 is 0. The van der Waals surface area contributed by atoms with E-state index in [1.54, 1.807) is 7.05 Å². The molecule has 0 radical (unpaired) electrons. The fourth-order valence-corrected chi connectivity index (χ4v) is 0.185. The third-order valence-corrected chi connectivity index (χ3v) is 0.408. The van der Waals surface area contributed by atoms with Crippen molar-refractivity contribution in [3.05, 3.63) is 6.33 Å². The molecule has 1 rings (SSSR count). The minimum Gasteiger partial charge on any atom is -0.410 e. The van der Waals surface area contributed by atoms with E-state index >= 15 is 0 Å². The van der Waals surface area contributed by atoms with Crippen molar-refractivity contribution in [2.75, 3.05) is 0 Å². The van der Waals surface area contributed by atoms with Gasteiger partial charge < -0.3 is 9.78 Å². The molecule has 0 saturated heterocycles. The maximum absolute atomic E-state index is 3.42. The van der Waals surface area contributed by atoms with Gasteiger partial charge in [-0.25, -0.2) is 6.33 Å². The molecule has 0 unspecified atom stereocenters. The predicted octanol–water partition coefficient (Wildman–Crippen LogP) is -0.990. The van der Waals surface area contributed by atoms with E-state index in [1.165, 1.54) is 4.68 Å². The number of hydrogen-bond acceptors (Lipinski definition) is 3. The molecule has 0 aliphatic carbocycles. The van der Waals surface area contributed by atoms with Crippen LogP contribution in [0, 0.1) is 6.33 Å². The zero-order valence-electron chi connectivity index (χ0n) is 4.00. The quantitative estimate of drug-likeness (QED) is 0.565. The maximum Gasteiger partial charge on any atom is 0 e. The van der Waals surface area contributed by atoms with Gasteiger partial charge in [0.2, 0.25) is 0 Å². The van der Waals surface area contributed by atoms with Crippen LogP contribution in [0.15, 0.2) is 0 Å². The van der Waals surface area contributed by atoms with Crippen molar-refractivity contribution < 1.29 is 0 Å². The molecule has 34 valence electrons. The van der Waals surface area contributed by atoms with E-state index in [0.717, 1.165) is 0 Å². The summed E-state index contributed by atoms with van der Waals surface area (Å²) in [6, 6.07) is 0. The Morgan fingerprint density at radius 1 is 1.57 bits per heavy atom. The van der Waals surface area contributed by atoms with E-state index in [0.29, 0.717) is 0 Å². The molecular formula is C2H3N4Rf-. The smallest absolute Gasteiger partial charge is 0 e. The largest absolute Gasteiger partial charge is 0.410 e. The van der Waals surface area contributed by atoms with Crippen molar-refractivity contribution in [1.82, 2.24) is 20.2 Å². The molecule has 0 atom stereocenters. The van der Waals surface area contributed by atoms with Crippen LogP contribution in [0.1, 0.15) is 0 Å². The second kappa shape index (κ2) is 1.49.